The molecule has 9 atom stereocenters. The second-order valence-electron chi connectivity index (χ2n) is 22.2. The molecule has 4 aromatic rings. The summed E-state index contributed by atoms with van der Waals surface area (Å²) in [5, 5.41) is 60.4. The predicted molar refractivity (Wildman–Crippen MR) is 325 cm³/mol. The Kier molecular flexibility index (Phi) is 27.9. The minimum Gasteiger partial charge on any atom is -0.508 e. The zero-order chi connectivity index (χ0) is 66.0. The van der Waals surface area contributed by atoms with E-state index in [4.69, 9.17) is 28.0 Å². The van der Waals surface area contributed by atoms with Gasteiger partial charge in [-0.05, 0) is 93.2 Å². The second kappa shape index (κ2) is 35.3. The number of rotatable bonds is 37. The number of aliphatic carboxylic acids is 2. The molecule has 2 aromatic carbocycles. The van der Waals surface area contributed by atoms with Crippen LogP contribution in [0.15, 0.2) is 72.2 Å². The van der Waals surface area contributed by atoms with E-state index in [2.05, 4.69) is 62.5 Å². The van der Waals surface area contributed by atoms with E-state index in [1.807, 2.05) is 0 Å². The molecule has 3 heterocycles. The van der Waals surface area contributed by atoms with Gasteiger partial charge in [-0.15, -0.1) is 0 Å². The number of aromatic hydroxyl groups is 1. The number of hydrogen-bond donors (Lipinski definition) is 18. The molecule has 1 fully saturated rings. The molecular formula is C58H83N17O15. The summed E-state index contributed by atoms with van der Waals surface area (Å²) in [6.07, 6.45) is 3.75. The number of carboxylic acid groups (broad SMARTS) is 2. The average molecular weight is 1260 g/mol. The quantitative estimate of drug-likeness (QED) is 0.0117. The monoisotopic (exact) mass is 1260 g/mol. The molecule has 0 radical (unpaired) electrons. The van der Waals surface area contributed by atoms with Gasteiger partial charge in [0.05, 0.1) is 19.0 Å². The summed E-state index contributed by atoms with van der Waals surface area (Å²) in [4.78, 5) is 165. The molecule has 1 saturated heterocycles. The molecule has 0 saturated carbocycles. The lowest BCUT2D eigenvalue weighted by atomic mass is 10.0. The number of amides is 9. The third kappa shape index (κ3) is 22.5. The molecule has 0 unspecified atom stereocenters. The maximum Gasteiger partial charge on any atom is 0.322 e. The maximum absolute atomic E-state index is 14.6. The molecule has 5 rings (SSSR count). The van der Waals surface area contributed by atoms with E-state index in [9.17, 15) is 68.1 Å². The van der Waals surface area contributed by atoms with Gasteiger partial charge in [-0.25, -0.2) is 4.98 Å². The van der Waals surface area contributed by atoms with Gasteiger partial charge >= 0.3 is 11.9 Å². The van der Waals surface area contributed by atoms with Crippen molar-refractivity contribution in [3.05, 3.63) is 84.1 Å². The van der Waals surface area contributed by atoms with Crippen LogP contribution in [-0.2, 0) is 72.0 Å². The van der Waals surface area contributed by atoms with Gasteiger partial charge in [0.15, 0.2) is 5.96 Å². The Morgan fingerprint density at radius 2 is 1.27 bits per heavy atom. The van der Waals surface area contributed by atoms with Crippen molar-refractivity contribution in [2.45, 2.75) is 145 Å². The fraction of sp³-hybridized carbons (Fsp3) is 0.500. The van der Waals surface area contributed by atoms with E-state index in [-0.39, 0.29) is 101 Å². The van der Waals surface area contributed by atoms with Crippen molar-refractivity contribution in [3.63, 3.8) is 0 Å². The van der Waals surface area contributed by atoms with E-state index >= 15 is 0 Å². The van der Waals surface area contributed by atoms with Gasteiger partial charge in [0.2, 0.25) is 53.2 Å². The Morgan fingerprint density at radius 1 is 0.689 bits per heavy atom. The Balaban J connectivity index is 1.39. The van der Waals surface area contributed by atoms with Crippen molar-refractivity contribution in [2.24, 2.45) is 33.8 Å². The molecule has 1 aliphatic rings. The topological polar surface area (TPSA) is 529 Å². The first-order valence-electron chi connectivity index (χ1n) is 29.4. The van der Waals surface area contributed by atoms with Crippen LogP contribution in [-0.4, -0.2) is 199 Å². The molecule has 32 heteroatoms. The van der Waals surface area contributed by atoms with Crippen LogP contribution in [0.25, 0.3) is 10.9 Å². The number of nitrogens with zero attached hydrogens (tertiary/aromatic N) is 3. The lowest BCUT2D eigenvalue weighted by Gasteiger charge is -2.30. The Bertz CT molecular complexity index is 3140. The number of phenolic OH excluding ortho intramolecular Hbond substituents is 1. The van der Waals surface area contributed by atoms with Crippen LogP contribution in [0, 0.1) is 5.92 Å². The number of aliphatic hydroxyl groups excluding tert-OH is 1. The molecule has 0 spiro atoms. The van der Waals surface area contributed by atoms with Crippen molar-refractivity contribution < 1.29 is 73.2 Å². The first-order valence-corrected chi connectivity index (χ1v) is 29.4. The highest BCUT2D eigenvalue weighted by molar-refractivity contribution is 5.99. The highest BCUT2D eigenvalue weighted by Gasteiger charge is 2.40. The SMILES string of the molecule is CC(C)C[C@H](NC(=O)[C@@H](CCCN)NC(=O)[C@H](Cc1ccc(O)cc1)NC(=O)[C@H](CO)NC(=O)[C@H](Cc1c[nH]c2ccccc12)NC(=O)[C@H](Cc1cnc[nH]1)NC(=O)[C@@H](N)CCC(=O)O)C(=O)N[C@@H](CCCN=C(N)N)C(=O)N1CCC[C@H]1C(=O)NCC(=O)O. The summed E-state index contributed by atoms with van der Waals surface area (Å²) < 4.78 is 0. The number of phenols is 1. The Labute approximate surface area is 517 Å². The number of nitrogens with two attached hydrogens (primary N) is 4. The van der Waals surface area contributed by atoms with Crippen LogP contribution >= 0.6 is 0 Å². The number of carboxylic acids is 2. The number of hydrogen-bond acceptors (Lipinski definition) is 17. The molecule has 490 valence electrons. The number of benzene rings is 2. The van der Waals surface area contributed by atoms with Gasteiger partial charge in [-0.1, -0.05) is 44.2 Å². The van der Waals surface area contributed by atoms with Gasteiger partial charge in [-0.2, -0.15) is 0 Å². The van der Waals surface area contributed by atoms with Gasteiger partial charge in [0.1, 0.15) is 60.6 Å². The van der Waals surface area contributed by atoms with Crippen LogP contribution in [0.2, 0.25) is 0 Å². The highest BCUT2D eigenvalue weighted by Crippen LogP contribution is 2.22. The fourth-order valence-electron chi connectivity index (χ4n) is 9.99. The zero-order valence-corrected chi connectivity index (χ0v) is 50.1. The number of aliphatic imine (C=N–C) groups is 1. The Morgan fingerprint density at radius 3 is 1.89 bits per heavy atom. The first kappa shape index (κ1) is 71.1. The number of likely N-dealkylation sites (tertiary alicyclic amines) is 1. The molecule has 1 aliphatic heterocycles. The van der Waals surface area contributed by atoms with Crippen molar-refractivity contribution in [3.8, 4) is 5.75 Å². The number of para-hydroxylation sites is 1. The highest BCUT2D eigenvalue weighted by atomic mass is 16.4. The van der Waals surface area contributed by atoms with Gasteiger partial charge < -0.3 is 101 Å². The minimum absolute atomic E-state index is 0.0152. The summed E-state index contributed by atoms with van der Waals surface area (Å²) in [6.45, 7) is 2.02. The smallest absolute Gasteiger partial charge is 0.322 e. The summed E-state index contributed by atoms with van der Waals surface area (Å²) >= 11 is 0. The molecule has 9 amide bonds. The van der Waals surface area contributed by atoms with E-state index in [1.54, 1.807) is 44.3 Å². The lowest BCUT2D eigenvalue weighted by Crippen LogP contribution is -2.61. The predicted octanol–water partition coefficient (Wildman–Crippen LogP) is -3.77. The third-order valence-corrected chi connectivity index (χ3v) is 14.7. The van der Waals surface area contributed by atoms with Crippen LogP contribution in [0.4, 0.5) is 0 Å². The minimum atomic E-state index is -1.82. The van der Waals surface area contributed by atoms with Crippen molar-refractivity contribution in [1.29, 1.82) is 0 Å². The average Bonchev–Trinajstić information content (AvgIpc) is 1.98. The molecule has 32 nitrogen and oxygen atoms in total. The molecule has 0 aliphatic carbocycles. The molecule has 2 aromatic heterocycles. The number of aliphatic hydroxyl groups is 1. The van der Waals surface area contributed by atoms with Crippen molar-refractivity contribution >= 4 is 82.0 Å². The number of imidazole rings is 1. The number of carbonyl (C=O) groups is 11. The summed E-state index contributed by atoms with van der Waals surface area (Å²) in [5.41, 5.74) is 24.9. The van der Waals surface area contributed by atoms with Crippen LogP contribution in [0.3, 0.4) is 0 Å². The van der Waals surface area contributed by atoms with Gasteiger partial charge in [-0.3, -0.25) is 57.7 Å². The van der Waals surface area contributed by atoms with Crippen molar-refractivity contribution in [1.82, 2.24) is 62.4 Å². The first-order chi connectivity index (χ1) is 42.9. The standard InChI is InChI=1S/C58H83N17O15/c1-31(2)22-41(51(84)69-40(11-6-20-64-58(61)62)57(90)75-21-7-12-46(75)56(89)66-28-48(80)81)71-50(83)39(10-5-19-59)68-52(85)42(23-32-13-15-35(77)16-14-32)72-55(88)45(29-76)74-53(86)43(24-33-26-65-38-9-4-3-8-36(33)38)73-54(87)44(25-34-27-63-30-67-34)70-49(82)37(60)17-18-47(78)79/h3-4,8-9,13-16,26-27,30-31,37,39-46,65,76-77H,5-7,10-12,17-25,28-29,59-60H2,1-2H3,(H,63,67)(H,66,89)(H,68,85)(H,69,84)(H,70,82)(H,71,83)(H,72,88)(H,73,87)(H,74,86)(H,78,79)(H,80,81)(H4,61,62,64)/t37-,39+,40-,41-,42-,43-,44-,45-,46-/m0/s1. The van der Waals surface area contributed by atoms with E-state index in [1.165, 1.54) is 41.7 Å². The molecule has 22 N–H and O–H groups in total. The van der Waals surface area contributed by atoms with Gasteiger partial charge in [0.25, 0.3) is 0 Å². The fourth-order valence-corrected chi connectivity index (χ4v) is 9.99. The van der Waals surface area contributed by atoms with E-state index in [0.29, 0.717) is 34.1 Å². The number of aromatic amines is 2. The number of guanidine groups is 1. The lowest BCUT2D eigenvalue weighted by molar-refractivity contribution is -0.143. The maximum atomic E-state index is 14.6. The van der Waals surface area contributed by atoms with Crippen molar-refractivity contribution in [2.75, 3.05) is 32.8 Å². The molecular weight excluding hydrogens is 1170 g/mol. The van der Waals surface area contributed by atoms with E-state index < -0.39 is 139 Å². The van der Waals surface area contributed by atoms with Crippen LogP contribution < -0.4 is 65.5 Å². The number of fused-ring (bicyclic) bond motifs is 1. The van der Waals surface area contributed by atoms with Gasteiger partial charge in [0, 0.05) is 67.8 Å². The number of aromatic nitrogens is 3. The summed E-state index contributed by atoms with van der Waals surface area (Å²) in [5.74, 6) is -11.0. The number of carbonyl (C=O) groups excluding carboxylic acids is 9. The van der Waals surface area contributed by atoms with Crippen LogP contribution in [0.5, 0.6) is 5.75 Å². The Hall–Kier alpha value is -9.69. The summed E-state index contributed by atoms with van der Waals surface area (Å²) in [6, 6.07) is -0.165. The summed E-state index contributed by atoms with van der Waals surface area (Å²) in [7, 11) is 0. The second-order valence-corrected chi connectivity index (χ2v) is 22.2. The normalized spacial score (nSPS) is 15.5. The molecule has 0 bridgehead atoms. The largest absolute Gasteiger partial charge is 0.508 e. The third-order valence-electron chi connectivity index (χ3n) is 14.7. The van der Waals surface area contributed by atoms with Crippen LogP contribution in [0.1, 0.15) is 88.5 Å². The molecule has 90 heavy (non-hydrogen) atoms. The number of nitrogens with one attached hydrogen (secondary N) is 10. The number of H-pyrrole nitrogens is 2. The zero-order valence-electron chi connectivity index (χ0n) is 50.1. The van der Waals surface area contributed by atoms with E-state index in [0.717, 1.165) is 0 Å².